The number of carbonyl (C=O) groups is 3. The molecule has 0 aliphatic carbocycles. The van der Waals surface area contributed by atoms with Gasteiger partial charge in [-0.3, -0.25) is 14.4 Å². The molecule has 3 rings (SSSR count). The van der Waals surface area contributed by atoms with Gasteiger partial charge < -0.3 is 15.0 Å². The first kappa shape index (κ1) is 21.6. The van der Waals surface area contributed by atoms with E-state index in [1.807, 2.05) is 30.3 Å². The van der Waals surface area contributed by atoms with Crippen molar-refractivity contribution in [1.29, 1.82) is 0 Å². The van der Waals surface area contributed by atoms with Gasteiger partial charge in [-0.15, -0.1) is 0 Å². The van der Waals surface area contributed by atoms with Gasteiger partial charge in [0, 0.05) is 36.4 Å². The molecular weight excluding hydrogens is 380 g/mol. The standard InChI is InChI=1S/C24H28N2O4/c27-22(19-8-4-3-5-9-19)14-15-24(29)30-18-23(28)25-20-10-12-21(13-11-20)26-16-6-1-2-7-17-26/h3-5,8-13H,1-2,6-7,14-18H2,(H,25,28). The molecule has 0 unspecified atom stereocenters. The predicted octanol–water partition coefficient (Wildman–Crippen LogP) is 4.21. The fraction of sp³-hybridized carbons (Fsp3) is 0.375. The van der Waals surface area contributed by atoms with E-state index in [0.717, 1.165) is 18.8 Å². The molecular formula is C24H28N2O4. The van der Waals surface area contributed by atoms with Gasteiger partial charge in [-0.1, -0.05) is 43.2 Å². The van der Waals surface area contributed by atoms with E-state index in [2.05, 4.69) is 10.2 Å². The molecule has 2 aromatic carbocycles. The third-order valence-corrected chi connectivity index (χ3v) is 5.14. The second-order valence-corrected chi connectivity index (χ2v) is 7.45. The molecule has 0 saturated carbocycles. The van der Waals surface area contributed by atoms with Crippen molar-refractivity contribution >= 4 is 29.0 Å². The van der Waals surface area contributed by atoms with Crippen molar-refractivity contribution in [2.45, 2.75) is 38.5 Å². The Labute approximate surface area is 177 Å². The lowest BCUT2D eigenvalue weighted by atomic mass is 10.1. The van der Waals surface area contributed by atoms with Gasteiger partial charge in [0.25, 0.3) is 5.91 Å². The summed E-state index contributed by atoms with van der Waals surface area (Å²) in [6.07, 6.45) is 4.99. The van der Waals surface area contributed by atoms with Crippen LogP contribution < -0.4 is 10.2 Å². The van der Waals surface area contributed by atoms with Crippen LogP contribution in [0.25, 0.3) is 0 Å². The number of anilines is 2. The van der Waals surface area contributed by atoms with Crippen molar-refractivity contribution < 1.29 is 19.1 Å². The van der Waals surface area contributed by atoms with Crippen LogP contribution in [0.1, 0.15) is 48.9 Å². The summed E-state index contributed by atoms with van der Waals surface area (Å²) in [4.78, 5) is 38.2. The van der Waals surface area contributed by atoms with Crippen molar-refractivity contribution in [3.63, 3.8) is 0 Å². The highest BCUT2D eigenvalue weighted by Crippen LogP contribution is 2.21. The van der Waals surface area contributed by atoms with Crippen LogP contribution in [0.4, 0.5) is 11.4 Å². The zero-order valence-electron chi connectivity index (χ0n) is 17.1. The maximum Gasteiger partial charge on any atom is 0.306 e. The second-order valence-electron chi connectivity index (χ2n) is 7.45. The summed E-state index contributed by atoms with van der Waals surface area (Å²) in [7, 11) is 0. The SMILES string of the molecule is O=C(COC(=O)CCC(=O)c1ccccc1)Nc1ccc(N2CCCCCC2)cc1. The summed E-state index contributed by atoms with van der Waals surface area (Å²) in [6.45, 7) is 1.76. The largest absolute Gasteiger partial charge is 0.456 e. The number of hydrogen-bond acceptors (Lipinski definition) is 5. The van der Waals surface area contributed by atoms with Crippen LogP contribution in [0.15, 0.2) is 54.6 Å². The molecule has 2 aromatic rings. The third kappa shape index (κ3) is 6.72. The first-order valence-electron chi connectivity index (χ1n) is 10.5. The molecule has 1 saturated heterocycles. The molecule has 1 fully saturated rings. The third-order valence-electron chi connectivity index (χ3n) is 5.14. The van der Waals surface area contributed by atoms with E-state index in [-0.39, 0.29) is 25.2 Å². The van der Waals surface area contributed by atoms with Crippen LogP contribution in [0.2, 0.25) is 0 Å². The highest BCUT2D eigenvalue weighted by molar-refractivity contribution is 5.98. The molecule has 30 heavy (non-hydrogen) atoms. The van der Waals surface area contributed by atoms with Gasteiger partial charge in [0.1, 0.15) is 0 Å². The van der Waals surface area contributed by atoms with Crippen molar-refractivity contribution in [3.8, 4) is 0 Å². The Morgan fingerprint density at radius 3 is 2.17 bits per heavy atom. The maximum atomic E-state index is 12.0. The van der Waals surface area contributed by atoms with E-state index in [0.29, 0.717) is 11.3 Å². The summed E-state index contributed by atoms with van der Waals surface area (Å²) in [5.41, 5.74) is 2.38. The average Bonchev–Trinajstić information content (AvgIpc) is 3.07. The van der Waals surface area contributed by atoms with Gasteiger partial charge in [0.05, 0.1) is 6.42 Å². The first-order chi connectivity index (χ1) is 14.6. The van der Waals surface area contributed by atoms with E-state index in [4.69, 9.17) is 4.74 Å². The van der Waals surface area contributed by atoms with Crippen LogP contribution in [-0.4, -0.2) is 37.4 Å². The molecule has 158 valence electrons. The van der Waals surface area contributed by atoms with Crippen LogP contribution >= 0.6 is 0 Å². The fourth-order valence-corrected chi connectivity index (χ4v) is 3.48. The van der Waals surface area contributed by atoms with E-state index < -0.39 is 11.9 Å². The quantitative estimate of drug-likeness (QED) is 0.523. The number of ketones is 1. The smallest absolute Gasteiger partial charge is 0.306 e. The number of amides is 1. The number of esters is 1. The molecule has 1 N–H and O–H groups in total. The van der Waals surface area contributed by atoms with Crippen molar-refractivity contribution in [3.05, 3.63) is 60.2 Å². The van der Waals surface area contributed by atoms with Gasteiger partial charge in [0.2, 0.25) is 0 Å². The van der Waals surface area contributed by atoms with Crippen molar-refractivity contribution in [2.24, 2.45) is 0 Å². The lowest BCUT2D eigenvalue weighted by Crippen LogP contribution is -2.24. The molecule has 1 heterocycles. The lowest BCUT2D eigenvalue weighted by Gasteiger charge is -2.22. The lowest BCUT2D eigenvalue weighted by molar-refractivity contribution is -0.147. The number of rotatable bonds is 8. The van der Waals surface area contributed by atoms with Crippen LogP contribution in [0.5, 0.6) is 0 Å². The molecule has 0 spiro atoms. The first-order valence-corrected chi connectivity index (χ1v) is 10.5. The van der Waals surface area contributed by atoms with Crippen LogP contribution in [0, 0.1) is 0 Å². The topological polar surface area (TPSA) is 75.7 Å². The number of benzene rings is 2. The molecule has 0 atom stereocenters. The van der Waals surface area contributed by atoms with Gasteiger partial charge in [0.15, 0.2) is 12.4 Å². The zero-order valence-corrected chi connectivity index (χ0v) is 17.1. The highest BCUT2D eigenvalue weighted by atomic mass is 16.5. The Kier molecular flexibility index (Phi) is 8.01. The van der Waals surface area contributed by atoms with E-state index in [1.165, 1.54) is 25.7 Å². The maximum absolute atomic E-state index is 12.0. The molecule has 0 bridgehead atoms. The van der Waals surface area contributed by atoms with Crippen LogP contribution in [-0.2, 0) is 14.3 Å². The number of carbonyl (C=O) groups excluding carboxylic acids is 3. The summed E-state index contributed by atoms with van der Waals surface area (Å²) in [5.74, 6) is -1.09. The van der Waals surface area contributed by atoms with Gasteiger partial charge >= 0.3 is 5.97 Å². The zero-order chi connectivity index (χ0) is 21.2. The molecule has 0 radical (unpaired) electrons. The summed E-state index contributed by atoms with van der Waals surface area (Å²) < 4.78 is 4.98. The van der Waals surface area contributed by atoms with Gasteiger partial charge in [-0.05, 0) is 37.1 Å². The van der Waals surface area contributed by atoms with Crippen molar-refractivity contribution in [1.82, 2.24) is 0 Å². The second kappa shape index (κ2) is 11.1. The minimum atomic E-state index is -0.564. The Morgan fingerprint density at radius 2 is 1.50 bits per heavy atom. The molecule has 6 heteroatoms. The fourth-order valence-electron chi connectivity index (χ4n) is 3.48. The molecule has 6 nitrogen and oxygen atoms in total. The molecule has 1 aliphatic rings. The Hall–Kier alpha value is -3.15. The number of ether oxygens (including phenoxy) is 1. The summed E-state index contributed by atoms with van der Waals surface area (Å²) in [6, 6.07) is 16.5. The molecule has 1 amide bonds. The number of nitrogens with zero attached hydrogens (tertiary/aromatic N) is 1. The van der Waals surface area contributed by atoms with Crippen LogP contribution in [0.3, 0.4) is 0 Å². The monoisotopic (exact) mass is 408 g/mol. The number of Topliss-reactive ketones (excluding diaryl/α,β-unsaturated/α-hetero) is 1. The van der Waals surface area contributed by atoms with Gasteiger partial charge in [-0.2, -0.15) is 0 Å². The van der Waals surface area contributed by atoms with E-state index in [9.17, 15) is 14.4 Å². The number of hydrogen-bond donors (Lipinski definition) is 1. The number of nitrogens with one attached hydrogen (secondary N) is 1. The summed E-state index contributed by atoms with van der Waals surface area (Å²) >= 11 is 0. The molecule has 0 aromatic heterocycles. The van der Waals surface area contributed by atoms with E-state index >= 15 is 0 Å². The minimum Gasteiger partial charge on any atom is -0.456 e. The van der Waals surface area contributed by atoms with Crippen molar-refractivity contribution in [2.75, 3.05) is 29.9 Å². The Morgan fingerprint density at radius 1 is 0.833 bits per heavy atom. The Bertz CT molecular complexity index is 841. The highest BCUT2D eigenvalue weighted by Gasteiger charge is 2.13. The van der Waals surface area contributed by atoms with Gasteiger partial charge in [-0.25, -0.2) is 0 Å². The Balaban J connectivity index is 1.38. The predicted molar refractivity (Wildman–Crippen MR) is 117 cm³/mol. The minimum absolute atomic E-state index is 0.0501. The summed E-state index contributed by atoms with van der Waals surface area (Å²) in [5, 5.41) is 2.73. The molecule has 1 aliphatic heterocycles. The normalized spacial score (nSPS) is 13.9. The average molecular weight is 408 g/mol. The van der Waals surface area contributed by atoms with E-state index in [1.54, 1.807) is 24.3 Å².